The fourth-order valence-electron chi connectivity index (χ4n) is 3.32. The van der Waals surface area contributed by atoms with E-state index in [-0.39, 0.29) is 11.9 Å². The van der Waals surface area contributed by atoms with Crippen LogP contribution in [0.4, 0.5) is 0 Å². The second-order valence-corrected chi connectivity index (χ2v) is 6.35. The highest BCUT2D eigenvalue weighted by atomic mass is 16.5. The van der Waals surface area contributed by atoms with E-state index in [4.69, 9.17) is 4.74 Å². The predicted molar refractivity (Wildman–Crippen MR) is 98.2 cm³/mol. The first-order chi connectivity index (χ1) is 12.1. The summed E-state index contributed by atoms with van der Waals surface area (Å²) in [5, 5.41) is 3.20. The van der Waals surface area contributed by atoms with Gasteiger partial charge in [-0.25, -0.2) is 0 Å². The standard InChI is InChI=1S/C22H19NO2/c1-14-8-3-4-10-16(14)22(24)23-20-17-11-5-6-13-19(17)25-21-15(2)9-7-12-18(20)21/h3-13,20H,1-2H3,(H,23,24)/t20-/m0/s1. The van der Waals surface area contributed by atoms with Crippen LogP contribution in [-0.4, -0.2) is 5.91 Å². The smallest absolute Gasteiger partial charge is 0.252 e. The van der Waals surface area contributed by atoms with Crippen molar-refractivity contribution < 1.29 is 9.53 Å². The highest BCUT2D eigenvalue weighted by molar-refractivity contribution is 5.96. The van der Waals surface area contributed by atoms with E-state index in [0.29, 0.717) is 5.56 Å². The number of benzene rings is 3. The molecule has 0 aromatic heterocycles. The Bertz CT molecular complexity index is 962. The van der Waals surface area contributed by atoms with Crippen LogP contribution in [0.15, 0.2) is 66.7 Å². The Morgan fingerprint density at radius 3 is 2.36 bits per heavy atom. The Morgan fingerprint density at radius 1 is 0.840 bits per heavy atom. The Labute approximate surface area is 147 Å². The van der Waals surface area contributed by atoms with Gasteiger partial charge in [-0.05, 0) is 37.1 Å². The first-order valence-corrected chi connectivity index (χ1v) is 8.38. The zero-order valence-corrected chi connectivity index (χ0v) is 14.2. The fraction of sp³-hybridized carbons (Fsp3) is 0.136. The number of nitrogens with one attached hydrogen (secondary N) is 1. The SMILES string of the molecule is Cc1ccccc1C(=O)N[C@H]1c2ccccc2Oc2c(C)cccc21. The van der Waals surface area contributed by atoms with Gasteiger partial charge in [-0.15, -0.1) is 0 Å². The van der Waals surface area contributed by atoms with Gasteiger partial charge < -0.3 is 10.1 Å². The van der Waals surface area contributed by atoms with Gasteiger partial charge in [-0.1, -0.05) is 54.6 Å². The lowest BCUT2D eigenvalue weighted by molar-refractivity contribution is 0.0941. The van der Waals surface area contributed by atoms with Crippen LogP contribution >= 0.6 is 0 Å². The third kappa shape index (κ3) is 2.68. The summed E-state index contributed by atoms with van der Waals surface area (Å²) in [6.45, 7) is 3.97. The van der Waals surface area contributed by atoms with E-state index in [1.165, 1.54) is 0 Å². The molecule has 124 valence electrons. The molecule has 4 rings (SSSR count). The molecule has 1 aliphatic heterocycles. The molecule has 0 bridgehead atoms. The lowest BCUT2D eigenvalue weighted by Crippen LogP contribution is -2.31. The molecule has 1 N–H and O–H groups in total. The zero-order chi connectivity index (χ0) is 17.4. The van der Waals surface area contributed by atoms with Gasteiger partial charge in [0.25, 0.3) is 5.91 Å². The maximum Gasteiger partial charge on any atom is 0.252 e. The van der Waals surface area contributed by atoms with Gasteiger partial charge in [-0.2, -0.15) is 0 Å². The topological polar surface area (TPSA) is 38.3 Å². The second-order valence-electron chi connectivity index (χ2n) is 6.35. The molecule has 25 heavy (non-hydrogen) atoms. The van der Waals surface area contributed by atoms with Gasteiger partial charge in [0.05, 0.1) is 6.04 Å². The van der Waals surface area contributed by atoms with Crippen molar-refractivity contribution in [3.05, 3.63) is 94.5 Å². The number of ether oxygens (including phenoxy) is 1. The van der Waals surface area contributed by atoms with E-state index in [2.05, 4.69) is 5.32 Å². The number of hydrogen-bond acceptors (Lipinski definition) is 2. The third-order valence-electron chi connectivity index (χ3n) is 4.66. The average Bonchev–Trinajstić information content (AvgIpc) is 2.62. The van der Waals surface area contributed by atoms with E-state index in [0.717, 1.165) is 33.8 Å². The van der Waals surface area contributed by atoms with Crippen molar-refractivity contribution in [2.75, 3.05) is 0 Å². The van der Waals surface area contributed by atoms with Gasteiger partial charge in [0.15, 0.2) is 0 Å². The maximum absolute atomic E-state index is 12.9. The van der Waals surface area contributed by atoms with Crippen molar-refractivity contribution in [3.63, 3.8) is 0 Å². The molecule has 3 aromatic carbocycles. The van der Waals surface area contributed by atoms with Crippen molar-refractivity contribution in [2.45, 2.75) is 19.9 Å². The fourth-order valence-corrected chi connectivity index (χ4v) is 3.32. The molecule has 0 fully saturated rings. The van der Waals surface area contributed by atoms with Crippen LogP contribution in [0.1, 0.15) is 38.7 Å². The van der Waals surface area contributed by atoms with Gasteiger partial charge in [-0.3, -0.25) is 4.79 Å². The Hall–Kier alpha value is -3.07. The Morgan fingerprint density at radius 2 is 1.52 bits per heavy atom. The second kappa shape index (κ2) is 6.10. The molecule has 0 unspecified atom stereocenters. The molecule has 0 aliphatic carbocycles. The van der Waals surface area contributed by atoms with Crippen molar-refractivity contribution in [1.29, 1.82) is 0 Å². The number of carbonyl (C=O) groups is 1. The van der Waals surface area contributed by atoms with E-state index < -0.39 is 0 Å². The number of carbonyl (C=O) groups excluding carboxylic acids is 1. The van der Waals surface area contributed by atoms with Crippen LogP contribution in [0.3, 0.4) is 0 Å². The van der Waals surface area contributed by atoms with E-state index in [1.807, 2.05) is 80.6 Å². The molecule has 1 amide bonds. The number of hydrogen-bond donors (Lipinski definition) is 1. The van der Waals surface area contributed by atoms with E-state index >= 15 is 0 Å². The molecule has 1 heterocycles. The van der Waals surface area contributed by atoms with Crippen LogP contribution in [0.2, 0.25) is 0 Å². The summed E-state index contributed by atoms with van der Waals surface area (Å²) in [6, 6.07) is 21.3. The molecule has 3 aromatic rings. The first-order valence-electron chi connectivity index (χ1n) is 8.38. The van der Waals surface area contributed by atoms with Gasteiger partial charge >= 0.3 is 0 Å². The summed E-state index contributed by atoms with van der Waals surface area (Å²) in [6.07, 6.45) is 0. The predicted octanol–water partition coefficient (Wildman–Crippen LogP) is 4.93. The summed E-state index contributed by atoms with van der Waals surface area (Å²) >= 11 is 0. The van der Waals surface area contributed by atoms with Crippen LogP contribution in [0.25, 0.3) is 0 Å². The quantitative estimate of drug-likeness (QED) is 0.724. The van der Waals surface area contributed by atoms with Crippen LogP contribution in [-0.2, 0) is 0 Å². The zero-order valence-electron chi connectivity index (χ0n) is 14.2. The molecule has 1 atom stereocenters. The summed E-state index contributed by atoms with van der Waals surface area (Å²) < 4.78 is 6.10. The summed E-state index contributed by atoms with van der Waals surface area (Å²) in [4.78, 5) is 12.9. The van der Waals surface area contributed by atoms with Crippen LogP contribution in [0.5, 0.6) is 11.5 Å². The summed E-state index contributed by atoms with van der Waals surface area (Å²) in [5.74, 6) is 1.54. The normalized spacial score (nSPS) is 14.9. The maximum atomic E-state index is 12.9. The molecule has 3 nitrogen and oxygen atoms in total. The number of amides is 1. The first kappa shape index (κ1) is 15.5. The summed E-state index contributed by atoms with van der Waals surface area (Å²) in [7, 11) is 0. The van der Waals surface area contributed by atoms with Crippen molar-refractivity contribution in [2.24, 2.45) is 0 Å². The minimum atomic E-state index is -0.230. The van der Waals surface area contributed by atoms with Gasteiger partial charge in [0.2, 0.25) is 0 Å². The van der Waals surface area contributed by atoms with E-state index in [1.54, 1.807) is 0 Å². The third-order valence-corrected chi connectivity index (χ3v) is 4.66. The number of rotatable bonds is 2. The minimum Gasteiger partial charge on any atom is -0.456 e. The molecular weight excluding hydrogens is 310 g/mol. The number of aryl methyl sites for hydroxylation is 2. The Kier molecular flexibility index (Phi) is 3.77. The highest BCUT2D eigenvalue weighted by Crippen LogP contribution is 2.44. The Balaban J connectivity index is 1.78. The molecule has 0 spiro atoms. The van der Waals surface area contributed by atoms with Crippen LogP contribution in [0, 0.1) is 13.8 Å². The van der Waals surface area contributed by atoms with Gasteiger partial charge in [0.1, 0.15) is 11.5 Å². The summed E-state index contributed by atoms with van der Waals surface area (Å²) in [5.41, 5.74) is 4.68. The van der Waals surface area contributed by atoms with Crippen molar-refractivity contribution >= 4 is 5.91 Å². The number of fused-ring (bicyclic) bond motifs is 2. The molecule has 0 saturated heterocycles. The van der Waals surface area contributed by atoms with Crippen LogP contribution < -0.4 is 10.1 Å². The lowest BCUT2D eigenvalue weighted by atomic mass is 9.92. The largest absolute Gasteiger partial charge is 0.456 e. The van der Waals surface area contributed by atoms with E-state index in [9.17, 15) is 4.79 Å². The number of para-hydroxylation sites is 2. The van der Waals surface area contributed by atoms with Crippen molar-refractivity contribution in [3.8, 4) is 11.5 Å². The molecule has 1 aliphatic rings. The highest BCUT2D eigenvalue weighted by Gasteiger charge is 2.29. The minimum absolute atomic E-state index is 0.0766. The molecule has 3 heteroatoms. The van der Waals surface area contributed by atoms with Gasteiger partial charge in [0, 0.05) is 16.7 Å². The average molecular weight is 329 g/mol. The molecular formula is C22H19NO2. The molecule has 0 radical (unpaired) electrons. The lowest BCUT2D eigenvalue weighted by Gasteiger charge is -2.30. The van der Waals surface area contributed by atoms with Crippen molar-refractivity contribution in [1.82, 2.24) is 5.32 Å². The molecule has 0 saturated carbocycles. The monoisotopic (exact) mass is 329 g/mol.